The topological polar surface area (TPSA) is 55.2 Å². The SMILES string of the molecule is Cc1cc(CNC(C)C)ccc1[N+](=O)[O-]. The van der Waals surface area contributed by atoms with Crippen molar-refractivity contribution in [2.75, 3.05) is 0 Å². The molecule has 1 aromatic rings. The molecule has 0 bridgehead atoms. The van der Waals surface area contributed by atoms with E-state index in [2.05, 4.69) is 19.2 Å². The van der Waals surface area contributed by atoms with Crippen LogP contribution in [0.2, 0.25) is 0 Å². The van der Waals surface area contributed by atoms with Crippen molar-refractivity contribution in [1.82, 2.24) is 5.32 Å². The summed E-state index contributed by atoms with van der Waals surface area (Å²) in [5, 5.41) is 13.9. The van der Waals surface area contributed by atoms with E-state index in [1.54, 1.807) is 19.1 Å². The fraction of sp³-hybridized carbons (Fsp3) is 0.455. The monoisotopic (exact) mass is 208 g/mol. The molecular formula is C11H16N2O2. The number of nitro groups is 1. The molecule has 0 fully saturated rings. The van der Waals surface area contributed by atoms with E-state index >= 15 is 0 Å². The zero-order chi connectivity index (χ0) is 11.4. The molecule has 1 rings (SSSR count). The van der Waals surface area contributed by atoms with Gasteiger partial charge in [-0.1, -0.05) is 19.9 Å². The van der Waals surface area contributed by atoms with Crippen LogP contribution in [0.5, 0.6) is 0 Å². The first-order valence-corrected chi connectivity index (χ1v) is 4.98. The number of nitrogens with zero attached hydrogens (tertiary/aromatic N) is 1. The van der Waals surface area contributed by atoms with Gasteiger partial charge in [0.1, 0.15) is 0 Å². The summed E-state index contributed by atoms with van der Waals surface area (Å²) in [6.07, 6.45) is 0. The second-order valence-corrected chi connectivity index (χ2v) is 3.91. The van der Waals surface area contributed by atoms with Crippen LogP contribution in [-0.2, 0) is 6.54 Å². The van der Waals surface area contributed by atoms with Crippen molar-refractivity contribution in [2.45, 2.75) is 33.4 Å². The Morgan fingerprint density at radius 3 is 2.60 bits per heavy atom. The van der Waals surface area contributed by atoms with Crippen LogP contribution in [0.3, 0.4) is 0 Å². The van der Waals surface area contributed by atoms with Crippen molar-refractivity contribution >= 4 is 5.69 Å². The predicted molar refractivity (Wildman–Crippen MR) is 59.8 cm³/mol. The summed E-state index contributed by atoms with van der Waals surface area (Å²) in [6.45, 7) is 6.64. The summed E-state index contributed by atoms with van der Waals surface area (Å²) in [6, 6.07) is 5.63. The fourth-order valence-electron chi connectivity index (χ4n) is 1.35. The predicted octanol–water partition coefficient (Wildman–Crippen LogP) is 2.40. The Morgan fingerprint density at radius 2 is 2.13 bits per heavy atom. The Balaban J connectivity index is 2.78. The van der Waals surface area contributed by atoms with Gasteiger partial charge in [-0.15, -0.1) is 0 Å². The van der Waals surface area contributed by atoms with E-state index in [0.29, 0.717) is 11.6 Å². The Labute approximate surface area is 89.5 Å². The number of benzene rings is 1. The van der Waals surface area contributed by atoms with Gasteiger partial charge < -0.3 is 5.32 Å². The summed E-state index contributed by atoms with van der Waals surface area (Å²) in [5.41, 5.74) is 1.97. The molecule has 82 valence electrons. The van der Waals surface area contributed by atoms with Gasteiger partial charge in [0.25, 0.3) is 5.69 Å². The van der Waals surface area contributed by atoms with Gasteiger partial charge >= 0.3 is 0 Å². The maximum Gasteiger partial charge on any atom is 0.272 e. The lowest BCUT2D eigenvalue weighted by atomic mass is 10.1. The largest absolute Gasteiger partial charge is 0.310 e. The van der Waals surface area contributed by atoms with Gasteiger partial charge in [-0.05, 0) is 18.6 Å². The zero-order valence-corrected chi connectivity index (χ0v) is 9.28. The van der Waals surface area contributed by atoms with E-state index in [1.165, 1.54) is 0 Å². The molecule has 0 amide bonds. The summed E-state index contributed by atoms with van der Waals surface area (Å²) in [4.78, 5) is 10.2. The third kappa shape index (κ3) is 3.32. The summed E-state index contributed by atoms with van der Waals surface area (Å²) < 4.78 is 0. The van der Waals surface area contributed by atoms with Gasteiger partial charge in [0.05, 0.1) is 4.92 Å². The van der Waals surface area contributed by atoms with E-state index in [9.17, 15) is 10.1 Å². The lowest BCUT2D eigenvalue weighted by Gasteiger charge is -2.08. The summed E-state index contributed by atoms with van der Waals surface area (Å²) in [5.74, 6) is 0. The van der Waals surface area contributed by atoms with Crippen LogP contribution in [0.1, 0.15) is 25.0 Å². The minimum Gasteiger partial charge on any atom is -0.310 e. The van der Waals surface area contributed by atoms with E-state index in [-0.39, 0.29) is 10.6 Å². The van der Waals surface area contributed by atoms with Crippen molar-refractivity contribution in [3.05, 3.63) is 39.4 Å². The van der Waals surface area contributed by atoms with Gasteiger partial charge in [-0.2, -0.15) is 0 Å². The number of hydrogen-bond donors (Lipinski definition) is 1. The average molecular weight is 208 g/mol. The third-order valence-corrected chi connectivity index (χ3v) is 2.17. The molecule has 0 radical (unpaired) electrons. The molecule has 0 heterocycles. The Hall–Kier alpha value is -1.42. The molecule has 0 aliphatic heterocycles. The maximum absolute atomic E-state index is 10.6. The van der Waals surface area contributed by atoms with Crippen LogP contribution in [0.15, 0.2) is 18.2 Å². The first-order valence-electron chi connectivity index (χ1n) is 4.98. The molecule has 0 aliphatic rings. The second-order valence-electron chi connectivity index (χ2n) is 3.91. The molecule has 0 unspecified atom stereocenters. The smallest absolute Gasteiger partial charge is 0.272 e. The van der Waals surface area contributed by atoms with Crippen molar-refractivity contribution in [1.29, 1.82) is 0 Å². The maximum atomic E-state index is 10.6. The molecule has 1 N–H and O–H groups in total. The van der Waals surface area contributed by atoms with E-state index in [1.807, 2.05) is 6.07 Å². The highest BCUT2D eigenvalue weighted by Gasteiger charge is 2.09. The number of rotatable bonds is 4. The number of nitrogens with one attached hydrogen (secondary N) is 1. The molecule has 1 aromatic carbocycles. The van der Waals surface area contributed by atoms with Crippen LogP contribution < -0.4 is 5.32 Å². The molecule has 0 saturated heterocycles. The minimum atomic E-state index is -0.352. The molecule has 4 nitrogen and oxygen atoms in total. The van der Waals surface area contributed by atoms with Gasteiger partial charge in [0, 0.05) is 24.2 Å². The molecule has 15 heavy (non-hydrogen) atoms. The van der Waals surface area contributed by atoms with Gasteiger partial charge in [-0.25, -0.2) is 0 Å². The summed E-state index contributed by atoms with van der Waals surface area (Å²) >= 11 is 0. The van der Waals surface area contributed by atoms with Crippen molar-refractivity contribution in [3.63, 3.8) is 0 Å². The van der Waals surface area contributed by atoms with Gasteiger partial charge in [-0.3, -0.25) is 10.1 Å². The van der Waals surface area contributed by atoms with Crippen molar-refractivity contribution < 1.29 is 4.92 Å². The standard InChI is InChI=1S/C11H16N2O2/c1-8(2)12-7-10-4-5-11(13(14)15)9(3)6-10/h4-6,8,12H,7H2,1-3H3. The third-order valence-electron chi connectivity index (χ3n) is 2.17. The highest BCUT2D eigenvalue weighted by molar-refractivity contribution is 5.41. The summed E-state index contributed by atoms with van der Waals surface area (Å²) in [7, 11) is 0. The number of nitro benzene ring substituents is 1. The van der Waals surface area contributed by atoms with E-state index in [0.717, 1.165) is 12.1 Å². The molecule has 0 saturated carbocycles. The van der Waals surface area contributed by atoms with Crippen LogP contribution in [0, 0.1) is 17.0 Å². The molecule has 4 heteroatoms. The van der Waals surface area contributed by atoms with Gasteiger partial charge in [0.15, 0.2) is 0 Å². The molecule has 0 atom stereocenters. The van der Waals surface area contributed by atoms with E-state index in [4.69, 9.17) is 0 Å². The highest BCUT2D eigenvalue weighted by atomic mass is 16.6. The van der Waals surface area contributed by atoms with Gasteiger partial charge in [0.2, 0.25) is 0 Å². The average Bonchev–Trinajstić information content (AvgIpc) is 2.14. The lowest BCUT2D eigenvalue weighted by Crippen LogP contribution is -2.21. The fourth-order valence-corrected chi connectivity index (χ4v) is 1.35. The molecule has 0 aliphatic carbocycles. The number of hydrogen-bond acceptors (Lipinski definition) is 3. The Kier molecular flexibility index (Phi) is 3.80. The van der Waals surface area contributed by atoms with E-state index < -0.39 is 0 Å². The first kappa shape index (κ1) is 11.7. The highest BCUT2D eigenvalue weighted by Crippen LogP contribution is 2.18. The Bertz CT molecular complexity index is 362. The normalized spacial score (nSPS) is 10.7. The molecular weight excluding hydrogens is 192 g/mol. The van der Waals surface area contributed by atoms with Crippen LogP contribution in [0.25, 0.3) is 0 Å². The molecule has 0 aromatic heterocycles. The van der Waals surface area contributed by atoms with Crippen LogP contribution in [-0.4, -0.2) is 11.0 Å². The first-order chi connectivity index (χ1) is 7.00. The van der Waals surface area contributed by atoms with Crippen LogP contribution >= 0.6 is 0 Å². The zero-order valence-electron chi connectivity index (χ0n) is 9.28. The second kappa shape index (κ2) is 4.89. The van der Waals surface area contributed by atoms with Crippen molar-refractivity contribution in [2.24, 2.45) is 0 Å². The Morgan fingerprint density at radius 1 is 1.47 bits per heavy atom. The molecule has 0 spiro atoms. The van der Waals surface area contributed by atoms with Crippen molar-refractivity contribution in [3.8, 4) is 0 Å². The lowest BCUT2D eigenvalue weighted by molar-refractivity contribution is -0.385. The number of aryl methyl sites for hydroxylation is 1. The minimum absolute atomic E-state index is 0.184. The quantitative estimate of drug-likeness (QED) is 0.610. The van der Waals surface area contributed by atoms with Crippen LogP contribution in [0.4, 0.5) is 5.69 Å².